The fraction of sp³-hybridized carbons (Fsp3) is 0.692. The summed E-state index contributed by atoms with van der Waals surface area (Å²) in [5.41, 5.74) is -0.524. The van der Waals surface area contributed by atoms with Crippen LogP contribution in [0.2, 0.25) is 0 Å². The van der Waals surface area contributed by atoms with Crippen LogP contribution in [0.15, 0.2) is 11.0 Å². The van der Waals surface area contributed by atoms with Crippen LogP contribution in [-0.4, -0.2) is 34.2 Å². The summed E-state index contributed by atoms with van der Waals surface area (Å²) in [6, 6.07) is 1.74. The van der Waals surface area contributed by atoms with Crippen molar-refractivity contribution in [3.8, 4) is 0 Å². The predicted molar refractivity (Wildman–Crippen MR) is 82.7 cm³/mol. The van der Waals surface area contributed by atoms with Gasteiger partial charge in [-0.2, -0.15) is 0 Å². The van der Waals surface area contributed by atoms with E-state index in [1.807, 2.05) is 27.7 Å². The van der Waals surface area contributed by atoms with E-state index in [0.29, 0.717) is 11.4 Å². The molecule has 0 spiro atoms. The van der Waals surface area contributed by atoms with Crippen molar-refractivity contribution >= 4 is 21.4 Å². The second-order valence-electron chi connectivity index (χ2n) is 5.20. The molecule has 0 bridgehead atoms. The Labute approximate surface area is 125 Å². The van der Waals surface area contributed by atoms with E-state index in [2.05, 4.69) is 10.0 Å². The first-order valence-corrected chi connectivity index (χ1v) is 8.86. The molecule has 0 radical (unpaired) electrons. The van der Waals surface area contributed by atoms with Gasteiger partial charge in [0.15, 0.2) is 0 Å². The number of aryl methyl sites for hydroxylation is 1. The Bertz CT molecular complexity index is 536. The van der Waals surface area contributed by atoms with Crippen molar-refractivity contribution in [2.45, 2.75) is 44.7 Å². The van der Waals surface area contributed by atoms with E-state index >= 15 is 0 Å². The number of methoxy groups -OCH3 is 1. The molecule has 0 aromatic carbocycles. The summed E-state index contributed by atoms with van der Waals surface area (Å²) in [5, 5.41) is 3.20. The minimum Gasteiger partial charge on any atom is -0.377 e. The van der Waals surface area contributed by atoms with Gasteiger partial charge in [0.1, 0.15) is 0 Å². The molecule has 0 saturated carbocycles. The number of sulfonamides is 1. The molecule has 2 N–H and O–H groups in total. The van der Waals surface area contributed by atoms with Crippen LogP contribution in [0.3, 0.4) is 0 Å². The molecule has 7 heteroatoms. The van der Waals surface area contributed by atoms with Crippen LogP contribution in [0.25, 0.3) is 0 Å². The zero-order chi connectivity index (χ0) is 15.4. The quantitative estimate of drug-likeness (QED) is 0.767. The first-order chi connectivity index (χ1) is 9.22. The summed E-state index contributed by atoms with van der Waals surface area (Å²) in [5.74, 6) is 0. The summed E-state index contributed by atoms with van der Waals surface area (Å²) >= 11 is 1.51. The Hall–Kier alpha value is -0.470. The fourth-order valence-electron chi connectivity index (χ4n) is 1.55. The van der Waals surface area contributed by atoms with E-state index in [4.69, 9.17) is 4.74 Å². The zero-order valence-corrected chi connectivity index (χ0v) is 14.4. The van der Waals surface area contributed by atoms with Crippen molar-refractivity contribution in [3.63, 3.8) is 0 Å². The summed E-state index contributed by atoms with van der Waals surface area (Å²) in [7, 11) is -1.92. The van der Waals surface area contributed by atoms with Gasteiger partial charge in [-0.05, 0) is 33.4 Å². The van der Waals surface area contributed by atoms with Gasteiger partial charge >= 0.3 is 0 Å². The van der Waals surface area contributed by atoms with Crippen LogP contribution < -0.4 is 10.0 Å². The highest BCUT2D eigenvalue weighted by Crippen LogP contribution is 2.25. The SMILES string of the molecule is CCNCc1cc(S(=O)(=O)NCC(C)(C)OC)c(C)s1. The summed E-state index contributed by atoms with van der Waals surface area (Å²) in [6.07, 6.45) is 0. The molecule has 0 unspecified atom stereocenters. The second kappa shape index (κ2) is 7.00. The van der Waals surface area contributed by atoms with Crippen LogP contribution in [-0.2, 0) is 21.3 Å². The molecule has 0 amide bonds. The maximum absolute atomic E-state index is 12.3. The van der Waals surface area contributed by atoms with Gasteiger partial charge in [0, 0.05) is 30.0 Å². The normalized spacial score (nSPS) is 12.8. The van der Waals surface area contributed by atoms with Crippen LogP contribution in [0, 0.1) is 6.92 Å². The molecule has 116 valence electrons. The third-order valence-corrected chi connectivity index (χ3v) is 5.71. The third kappa shape index (κ3) is 4.82. The van der Waals surface area contributed by atoms with Gasteiger partial charge in [0.05, 0.1) is 10.5 Å². The molecule has 0 aliphatic rings. The van der Waals surface area contributed by atoms with Gasteiger partial charge in [-0.3, -0.25) is 0 Å². The monoisotopic (exact) mass is 320 g/mol. The number of rotatable bonds is 8. The summed E-state index contributed by atoms with van der Waals surface area (Å²) in [4.78, 5) is 2.19. The van der Waals surface area contributed by atoms with E-state index in [9.17, 15) is 8.42 Å². The lowest BCUT2D eigenvalue weighted by atomic mass is 10.1. The van der Waals surface area contributed by atoms with Gasteiger partial charge in [0.2, 0.25) is 10.0 Å². The highest BCUT2D eigenvalue weighted by Gasteiger charge is 2.24. The highest BCUT2D eigenvalue weighted by atomic mass is 32.2. The second-order valence-corrected chi connectivity index (χ2v) is 8.28. The average molecular weight is 320 g/mol. The van der Waals surface area contributed by atoms with E-state index < -0.39 is 15.6 Å². The van der Waals surface area contributed by atoms with Crippen molar-refractivity contribution in [2.24, 2.45) is 0 Å². The third-order valence-electron chi connectivity index (χ3n) is 3.00. The Kier molecular flexibility index (Phi) is 6.15. The average Bonchev–Trinajstić information content (AvgIpc) is 2.76. The molecule has 5 nitrogen and oxygen atoms in total. The van der Waals surface area contributed by atoms with E-state index in [-0.39, 0.29) is 6.54 Å². The standard InChI is InChI=1S/C13H24N2O3S2/c1-6-14-8-11-7-12(10(2)19-11)20(16,17)15-9-13(3,4)18-5/h7,14-15H,6,8-9H2,1-5H3. The lowest BCUT2D eigenvalue weighted by molar-refractivity contribution is 0.0276. The van der Waals surface area contributed by atoms with E-state index in [1.165, 1.54) is 11.3 Å². The van der Waals surface area contributed by atoms with Crippen LogP contribution in [0.5, 0.6) is 0 Å². The molecule has 0 aliphatic heterocycles. The first kappa shape index (κ1) is 17.6. The lowest BCUT2D eigenvalue weighted by Gasteiger charge is -2.22. The minimum absolute atomic E-state index is 0.240. The van der Waals surface area contributed by atoms with Gasteiger partial charge in [0.25, 0.3) is 0 Å². The van der Waals surface area contributed by atoms with E-state index in [0.717, 1.165) is 16.3 Å². The summed E-state index contributed by atoms with van der Waals surface area (Å²) in [6.45, 7) is 9.33. The molecule has 0 fully saturated rings. The van der Waals surface area contributed by atoms with Gasteiger partial charge < -0.3 is 10.1 Å². The van der Waals surface area contributed by atoms with Gasteiger partial charge in [-0.25, -0.2) is 13.1 Å². The molecule has 1 aromatic heterocycles. The molecular weight excluding hydrogens is 296 g/mol. The number of nitrogens with one attached hydrogen (secondary N) is 2. The van der Waals surface area contributed by atoms with Crippen molar-refractivity contribution < 1.29 is 13.2 Å². The molecule has 0 saturated heterocycles. The molecular formula is C13H24N2O3S2. The number of ether oxygens (including phenoxy) is 1. The Balaban J connectivity index is 2.84. The largest absolute Gasteiger partial charge is 0.377 e. The topological polar surface area (TPSA) is 67.4 Å². The number of hydrogen-bond donors (Lipinski definition) is 2. The molecule has 20 heavy (non-hydrogen) atoms. The Morgan fingerprint density at radius 2 is 2.05 bits per heavy atom. The number of hydrogen-bond acceptors (Lipinski definition) is 5. The zero-order valence-electron chi connectivity index (χ0n) is 12.7. The van der Waals surface area contributed by atoms with Crippen molar-refractivity contribution in [2.75, 3.05) is 20.2 Å². The van der Waals surface area contributed by atoms with Crippen LogP contribution in [0.4, 0.5) is 0 Å². The van der Waals surface area contributed by atoms with Crippen LogP contribution in [0.1, 0.15) is 30.5 Å². The number of thiophene rings is 1. The van der Waals surface area contributed by atoms with Gasteiger partial charge in [-0.1, -0.05) is 6.92 Å². The molecule has 1 aromatic rings. The Morgan fingerprint density at radius 3 is 2.60 bits per heavy atom. The first-order valence-electron chi connectivity index (χ1n) is 6.56. The molecule has 1 heterocycles. The van der Waals surface area contributed by atoms with Crippen molar-refractivity contribution in [1.29, 1.82) is 0 Å². The van der Waals surface area contributed by atoms with Crippen molar-refractivity contribution in [1.82, 2.24) is 10.0 Å². The van der Waals surface area contributed by atoms with Crippen LogP contribution >= 0.6 is 11.3 Å². The minimum atomic E-state index is -3.49. The smallest absolute Gasteiger partial charge is 0.241 e. The maximum Gasteiger partial charge on any atom is 0.241 e. The molecule has 0 atom stereocenters. The van der Waals surface area contributed by atoms with Crippen molar-refractivity contribution in [3.05, 3.63) is 15.8 Å². The maximum atomic E-state index is 12.3. The summed E-state index contributed by atoms with van der Waals surface area (Å²) < 4.78 is 32.5. The highest BCUT2D eigenvalue weighted by molar-refractivity contribution is 7.89. The van der Waals surface area contributed by atoms with E-state index in [1.54, 1.807) is 13.2 Å². The predicted octanol–water partition coefficient (Wildman–Crippen LogP) is 1.87. The molecule has 1 rings (SSSR count). The molecule has 0 aliphatic carbocycles. The Morgan fingerprint density at radius 1 is 1.40 bits per heavy atom. The lowest BCUT2D eigenvalue weighted by Crippen LogP contribution is -2.39. The fourth-order valence-corrected chi connectivity index (χ4v) is 4.35. The van der Waals surface area contributed by atoms with Gasteiger partial charge in [-0.15, -0.1) is 11.3 Å².